The lowest BCUT2D eigenvalue weighted by Crippen LogP contribution is -2.05. The molecule has 48 valence electrons. The summed E-state index contributed by atoms with van der Waals surface area (Å²) >= 11 is 0. The molecule has 9 heavy (non-hydrogen) atoms. The number of aliphatic imine (C=N–C) groups is 1. The third-order valence-electron chi connectivity index (χ3n) is 0.447. The van der Waals surface area contributed by atoms with Crippen molar-refractivity contribution in [1.82, 2.24) is 5.32 Å². The second-order valence-corrected chi connectivity index (χ2v) is 1.12. The molecule has 2 N–H and O–H groups in total. The van der Waals surface area contributed by atoms with Crippen LogP contribution in [0.2, 0.25) is 0 Å². The zero-order valence-corrected chi connectivity index (χ0v) is 4.53. The van der Waals surface area contributed by atoms with E-state index in [1.54, 1.807) is 6.19 Å². The summed E-state index contributed by atoms with van der Waals surface area (Å²) in [6.07, 6.45) is 2.59. The van der Waals surface area contributed by atoms with Gasteiger partial charge in [-0.05, 0) is 0 Å². The third kappa shape index (κ3) is 6.43. The molecule has 0 rings (SSSR count). The fraction of sp³-hybridized carbons (Fsp3) is 0.250. The molecular formula is C4H5N3O2. The molecule has 0 aromatic carbocycles. The predicted molar refractivity (Wildman–Crippen MR) is 29.7 cm³/mol. The Morgan fingerprint density at radius 1 is 2.00 bits per heavy atom. The van der Waals surface area contributed by atoms with Crippen LogP contribution in [-0.2, 0) is 4.79 Å². The molecule has 0 atom stereocenters. The van der Waals surface area contributed by atoms with Crippen LogP contribution >= 0.6 is 0 Å². The van der Waals surface area contributed by atoms with E-state index in [4.69, 9.17) is 10.4 Å². The van der Waals surface area contributed by atoms with Gasteiger partial charge in [0.25, 0.3) is 0 Å². The van der Waals surface area contributed by atoms with Crippen molar-refractivity contribution in [3.63, 3.8) is 0 Å². The Kier molecular flexibility index (Phi) is 3.79. The average molecular weight is 127 g/mol. The van der Waals surface area contributed by atoms with E-state index in [1.807, 2.05) is 0 Å². The molecule has 0 radical (unpaired) electrons. The molecule has 0 bridgehead atoms. The molecular weight excluding hydrogens is 122 g/mol. The number of carboxylic acids is 1. The normalized spacial score (nSPS) is 8.78. The molecule has 0 aliphatic heterocycles. The second kappa shape index (κ2) is 4.59. The van der Waals surface area contributed by atoms with Crippen LogP contribution in [0.1, 0.15) is 0 Å². The highest BCUT2D eigenvalue weighted by Crippen LogP contribution is 1.64. The Hall–Kier alpha value is -1.57. The Labute approximate surface area is 51.6 Å². The fourth-order valence-corrected chi connectivity index (χ4v) is 0.198. The second-order valence-electron chi connectivity index (χ2n) is 1.12. The Balaban J connectivity index is 3.28. The van der Waals surface area contributed by atoms with Gasteiger partial charge in [0.1, 0.15) is 6.54 Å². The Bertz CT molecular complexity index is 158. The first-order valence-electron chi connectivity index (χ1n) is 2.12. The van der Waals surface area contributed by atoms with Crippen molar-refractivity contribution < 1.29 is 9.90 Å². The largest absolute Gasteiger partial charge is 0.480 e. The van der Waals surface area contributed by atoms with Crippen LogP contribution in [-0.4, -0.2) is 24.0 Å². The molecule has 0 spiro atoms. The minimum absolute atomic E-state index is 0.311. The van der Waals surface area contributed by atoms with Crippen LogP contribution < -0.4 is 5.32 Å². The van der Waals surface area contributed by atoms with Gasteiger partial charge >= 0.3 is 5.97 Å². The number of aliphatic carboxylic acids is 1. The van der Waals surface area contributed by atoms with Gasteiger partial charge in [-0.15, -0.1) is 0 Å². The van der Waals surface area contributed by atoms with Crippen LogP contribution in [0.4, 0.5) is 0 Å². The maximum absolute atomic E-state index is 9.74. The molecule has 0 aromatic rings. The van der Waals surface area contributed by atoms with E-state index in [2.05, 4.69) is 10.3 Å². The summed E-state index contributed by atoms with van der Waals surface area (Å²) in [5.74, 6) is -1.02. The molecule has 0 amide bonds. The quantitative estimate of drug-likeness (QED) is 0.224. The van der Waals surface area contributed by atoms with Crippen LogP contribution in [0.3, 0.4) is 0 Å². The van der Waals surface area contributed by atoms with E-state index in [9.17, 15) is 4.79 Å². The Morgan fingerprint density at radius 2 is 2.67 bits per heavy atom. The first-order chi connectivity index (χ1) is 4.27. The topological polar surface area (TPSA) is 85.5 Å². The molecule has 5 nitrogen and oxygen atoms in total. The number of nitrogens with zero attached hydrogens (tertiary/aromatic N) is 2. The lowest BCUT2D eigenvalue weighted by molar-refractivity contribution is -0.135. The van der Waals surface area contributed by atoms with Crippen molar-refractivity contribution >= 4 is 12.3 Å². The van der Waals surface area contributed by atoms with Gasteiger partial charge in [0.05, 0.1) is 6.34 Å². The van der Waals surface area contributed by atoms with Crippen LogP contribution in [0, 0.1) is 11.5 Å². The summed E-state index contributed by atoms with van der Waals surface area (Å²) in [4.78, 5) is 13.0. The maximum atomic E-state index is 9.74. The van der Waals surface area contributed by atoms with Crippen LogP contribution in [0.25, 0.3) is 0 Å². The predicted octanol–water partition coefficient (Wildman–Crippen LogP) is -0.830. The molecule has 0 aliphatic rings. The third-order valence-corrected chi connectivity index (χ3v) is 0.447. The van der Waals surface area contributed by atoms with Gasteiger partial charge < -0.3 is 5.11 Å². The number of nitrogens with one attached hydrogen (secondary N) is 1. The number of carbonyl (C=O) groups is 1. The van der Waals surface area contributed by atoms with Crippen molar-refractivity contribution in [2.24, 2.45) is 4.99 Å². The lowest BCUT2D eigenvalue weighted by atomic mass is 10.7. The average Bonchev–Trinajstić information content (AvgIpc) is 1.80. The highest BCUT2D eigenvalue weighted by atomic mass is 16.4. The van der Waals surface area contributed by atoms with Gasteiger partial charge in [0.2, 0.25) is 0 Å². The van der Waals surface area contributed by atoms with Crippen molar-refractivity contribution in [3.05, 3.63) is 0 Å². The Morgan fingerprint density at radius 3 is 3.11 bits per heavy atom. The smallest absolute Gasteiger partial charge is 0.325 e. The van der Waals surface area contributed by atoms with Crippen LogP contribution in [0.15, 0.2) is 4.99 Å². The highest BCUT2D eigenvalue weighted by molar-refractivity contribution is 5.71. The number of hydrogen-bond donors (Lipinski definition) is 2. The first-order valence-corrected chi connectivity index (χ1v) is 2.12. The monoisotopic (exact) mass is 127 g/mol. The minimum Gasteiger partial charge on any atom is -0.480 e. The summed E-state index contributed by atoms with van der Waals surface area (Å²) in [5.41, 5.74) is 0. The van der Waals surface area contributed by atoms with Gasteiger partial charge in [0, 0.05) is 0 Å². The van der Waals surface area contributed by atoms with E-state index in [0.717, 1.165) is 6.34 Å². The summed E-state index contributed by atoms with van der Waals surface area (Å²) in [6.45, 7) is -0.311. The maximum Gasteiger partial charge on any atom is 0.325 e. The summed E-state index contributed by atoms with van der Waals surface area (Å²) in [7, 11) is 0. The summed E-state index contributed by atoms with van der Waals surface area (Å²) in [6, 6.07) is 0. The van der Waals surface area contributed by atoms with E-state index >= 15 is 0 Å². The SMILES string of the molecule is N#CNC=NCC(=O)O. The van der Waals surface area contributed by atoms with Gasteiger partial charge in [-0.1, -0.05) is 0 Å². The van der Waals surface area contributed by atoms with Crippen LogP contribution in [0.5, 0.6) is 0 Å². The zero-order chi connectivity index (χ0) is 7.11. The molecule has 0 fully saturated rings. The molecule has 0 heterocycles. The van der Waals surface area contributed by atoms with E-state index in [0.29, 0.717) is 0 Å². The zero-order valence-electron chi connectivity index (χ0n) is 4.53. The van der Waals surface area contributed by atoms with Gasteiger partial charge in [-0.3, -0.25) is 15.1 Å². The van der Waals surface area contributed by atoms with Gasteiger partial charge in [-0.2, -0.15) is 5.26 Å². The molecule has 0 unspecified atom stereocenters. The molecule has 5 heteroatoms. The minimum atomic E-state index is -1.02. The van der Waals surface area contributed by atoms with E-state index in [1.165, 1.54) is 0 Å². The molecule has 0 aromatic heterocycles. The van der Waals surface area contributed by atoms with Crippen molar-refractivity contribution in [3.8, 4) is 6.19 Å². The highest BCUT2D eigenvalue weighted by Gasteiger charge is 1.87. The standard InChI is InChI=1S/C4H5N3O2/c5-2-7-3-6-1-4(8)9/h3H,1H2,(H,6,7)(H,8,9). The number of rotatable bonds is 3. The van der Waals surface area contributed by atoms with Crippen molar-refractivity contribution in [1.29, 1.82) is 5.26 Å². The first kappa shape index (κ1) is 7.43. The summed E-state index contributed by atoms with van der Waals surface area (Å²) < 4.78 is 0. The molecule has 0 saturated carbocycles. The number of hydrogen-bond acceptors (Lipinski definition) is 3. The number of carboxylic acid groups (broad SMARTS) is 1. The van der Waals surface area contributed by atoms with E-state index < -0.39 is 5.97 Å². The lowest BCUT2D eigenvalue weighted by Gasteiger charge is -1.81. The fourth-order valence-electron chi connectivity index (χ4n) is 0.198. The van der Waals surface area contributed by atoms with Gasteiger partial charge in [-0.25, -0.2) is 0 Å². The van der Waals surface area contributed by atoms with E-state index in [-0.39, 0.29) is 6.54 Å². The van der Waals surface area contributed by atoms with Crippen molar-refractivity contribution in [2.45, 2.75) is 0 Å². The molecule has 0 aliphatic carbocycles. The summed E-state index contributed by atoms with van der Waals surface area (Å²) in [5, 5.41) is 17.9. The molecule has 0 saturated heterocycles. The van der Waals surface area contributed by atoms with Gasteiger partial charge in [0.15, 0.2) is 6.19 Å². The number of nitriles is 1. The van der Waals surface area contributed by atoms with Crippen molar-refractivity contribution in [2.75, 3.05) is 6.54 Å².